The molecule has 0 spiro atoms. The van der Waals surface area contributed by atoms with Gasteiger partial charge in [0.1, 0.15) is 6.04 Å². The number of aryl methyl sites for hydroxylation is 2. The summed E-state index contributed by atoms with van der Waals surface area (Å²) in [5.41, 5.74) is 2.79. The van der Waals surface area contributed by atoms with E-state index < -0.39 is 26.9 Å². The second-order valence-electron chi connectivity index (χ2n) is 6.70. The molecule has 0 saturated carbocycles. The van der Waals surface area contributed by atoms with Gasteiger partial charge in [-0.25, -0.2) is 8.42 Å². The van der Waals surface area contributed by atoms with E-state index in [4.69, 9.17) is 0 Å². The van der Waals surface area contributed by atoms with Gasteiger partial charge in [-0.1, -0.05) is 18.2 Å². The molecule has 2 aromatic rings. The van der Waals surface area contributed by atoms with Crippen LogP contribution in [-0.4, -0.2) is 31.5 Å². The summed E-state index contributed by atoms with van der Waals surface area (Å²) < 4.78 is 25.8. The van der Waals surface area contributed by atoms with Crippen molar-refractivity contribution in [2.75, 3.05) is 15.9 Å². The standard InChI is InChI=1S/C19H23N3O5S/c1-12-7-6-8-17(14(12)3)20-19(23)15(4)21(28(5,26)27)18-11-16(22(24)25)10-9-13(18)2/h6-11,15H,1-5H3,(H,20,23). The van der Waals surface area contributed by atoms with E-state index in [1.807, 2.05) is 19.9 Å². The molecule has 9 heteroatoms. The Morgan fingerprint density at radius 3 is 2.36 bits per heavy atom. The van der Waals surface area contributed by atoms with Gasteiger partial charge < -0.3 is 5.32 Å². The van der Waals surface area contributed by atoms with Crippen molar-refractivity contribution in [3.05, 3.63) is 63.2 Å². The van der Waals surface area contributed by atoms with E-state index in [-0.39, 0.29) is 11.4 Å². The van der Waals surface area contributed by atoms with Gasteiger partial charge in [-0.05, 0) is 50.5 Å². The number of nitro benzene ring substituents is 1. The maximum absolute atomic E-state index is 12.8. The molecule has 1 amide bonds. The van der Waals surface area contributed by atoms with Gasteiger partial charge in [0.15, 0.2) is 0 Å². The predicted octanol–water partition coefficient (Wildman–Crippen LogP) is 3.31. The van der Waals surface area contributed by atoms with Crippen molar-refractivity contribution in [2.45, 2.75) is 33.7 Å². The number of carbonyl (C=O) groups is 1. The van der Waals surface area contributed by atoms with Gasteiger partial charge in [-0.3, -0.25) is 19.2 Å². The molecule has 2 rings (SSSR count). The fourth-order valence-electron chi connectivity index (χ4n) is 2.85. The van der Waals surface area contributed by atoms with Gasteiger partial charge in [-0.2, -0.15) is 0 Å². The summed E-state index contributed by atoms with van der Waals surface area (Å²) >= 11 is 0. The Balaban J connectivity index is 2.46. The van der Waals surface area contributed by atoms with Crippen molar-refractivity contribution in [3.8, 4) is 0 Å². The number of non-ortho nitro benzene ring substituents is 1. The topological polar surface area (TPSA) is 110 Å². The molecular formula is C19H23N3O5S. The van der Waals surface area contributed by atoms with Crippen molar-refractivity contribution in [1.29, 1.82) is 0 Å². The van der Waals surface area contributed by atoms with Gasteiger partial charge in [0.2, 0.25) is 15.9 Å². The van der Waals surface area contributed by atoms with Gasteiger partial charge in [-0.15, -0.1) is 0 Å². The summed E-state index contributed by atoms with van der Waals surface area (Å²) in [6.07, 6.45) is 0.965. The van der Waals surface area contributed by atoms with E-state index in [1.54, 1.807) is 19.1 Å². The molecule has 0 heterocycles. The summed E-state index contributed by atoms with van der Waals surface area (Å²) in [6, 6.07) is 8.23. The lowest BCUT2D eigenvalue weighted by Gasteiger charge is -2.29. The van der Waals surface area contributed by atoms with Crippen LogP contribution in [0.1, 0.15) is 23.6 Å². The Kier molecular flexibility index (Phi) is 6.08. The van der Waals surface area contributed by atoms with E-state index >= 15 is 0 Å². The number of nitro groups is 1. The molecule has 1 N–H and O–H groups in total. The number of anilines is 2. The third-order valence-electron chi connectivity index (χ3n) is 4.59. The lowest BCUT2D eigenvalue weighted by Crippen LogP contribution is -2.45. The van der Waals surface area contributed by atoms with Crippen molar-refractivity contribution in [2.24, 2.45) is 0 Å². The number of carbonyl (C=O) groups excluding carboxylic acids is 1. The number of benzene rings is 2. The van der Waals surface area contributed by atoms with Crippen LogP contribution < -0.4 is 9.62 Å². The molecule has 2 aromatic carbocycles. The molecule has 0 aliphatic heterocycles. The van der Waals surface area contributed by atoms with Crippen LogP contribution in [0.15, 0.2) is 36.4 Å². The average Bonchev–Trinajstić information content (AvgIpc) is 2.59. The summed E-state index contributed by atoms with van der Waals surface area (Å²) in [5, 5.41) is 13.9. The van der Waals surface area contributed by atoms with Crippen LogP contribution in [-0.2, 0) is 14.8 Å². The zero-order valence-electron chi connectivity index (χ0n) is 16.4. The van der Waals surface area contributed by atoms with Gasteiger partial charge in [0.25, 0.3) is 5.69 Å². The minimum Gasteiger partial charge on any atom is -0.324 e. The lowest BCUT2D eigenvalue weighted by molar-refractivity contribution is -0.384. The minimum atomic E-state index is -3.89. The normalized spacial score (nSPS) is 12.3. The molecule has 0 radical (unpaired) electrons. The second kappa shape index (κ2) is 7.97. The predicted molar refractivity (Wildman–Crippen MR) is 109 cm³/mol. The average molecular weight is 405 g/mol. The van der Waals surface area contributed by atoms with Crippen LogP contribution in [0, 0.1) is 30.9 Å². The zero-order chi connectivity index (χ0) is 21.2. The number of sulfonamides is 1. The molecular weight excluding hydrogens is 382 g/mol. The number of rotatable bonds is 6. The third-order valence-corrected chi connectivity index (χ3v) is 5.82. The van der Waals surface area contributed by atoms with Crippen LogP contribution in [0.25, 0.3) is 0 Å². The molecule has 0 saturated heterocycles. The van der Waals surface area contributed by atoms with Crippen molar-refractivity contribution in [3.63, 3.8) is 0 Å². The Morgan fingerprint density at radius 1 is 1.14 bits per heavy atom. The number of amides is 1. The highest BCUT2D eigenvalue weighted by Crippen LogP contribution is 2.30. The number of nitrogens with zero attached hydrogens (tertiary/aromatic N) is 2. The van der Waals surface area contributed by atoms with E-state index in [0.717, 1.165) is 27.8 Å². The first-order valence-electron chi connectivity index (χ1n) is 8.55. The fourth-order valence-corrected chi connectivity index (χ4v) is 4.08. The van der Waals surface area contributed by atoms with Crippen molar-refractivity contribution >= 4 is 33.0 Å². The summed E-state index contributed by atoms with van der Waals surface area (Å²) in [7, 11) is -3.89. The van der Waals surface area contributed by atoms with Crippen LogP contribution in [0.3, 0.4) is 0 Å². The summed E-state index contributed by atoms with van der Waals surface area (Å²) in [6.45, 7) is 6.84. The Labute approximate surface area is 164 Å². The number of hydrogen-bond donors (Lipinski definition) is 1. The van der Waals surface area contributed by atoms with Crippen LogP contribution >= 0.6 is 0 Å². The quantitative estimate of drug-likeness (QED) is 0.586. The number of hydrogen-bond acceptors (Lipinski definition) is 5. The maximum Gasteiger partial charge on any atom is 0.271 e. The van der Waals surface area contributed by atoms with Crippen molar-refractivity contribution < 1.29 is 18.1 Å². The fraction of sp³-hybridized carbons (Fsp3) is 0.316. The Bertz CT molecular complexity index is 1030. The summed E-state index contributed by atoms with van der Waals surface area (Å²) in [5.74, 6) is -0.537. The van der Waals surface area contributed by atoms with E-state index in [9.17, 15) is 23.3 Å². The first-order valence-corrected chi connectivity index (χ1v) is 10.4. The van der Waals surface area contributed by atoms with Gasteiger partial charge in [0.05, 0.1) is 16.9 Å². The molecule has 8 nitrogen and oxygen atoms in total. The number of nitrogens with one attached hydrogen (secondary N) is 1. The molecule has 0 aliphatic carbocycles. The molecule has 0 aliphatic rings. The molecule has 0 aromatic heterocycles. The molecule has 28 heavy (non-hydrogen) atoms. The SMILES string of the molecule is Cc1ccc([N+](=O)[O-])cc1N(C(C)C(=O)Nc1cccc(C)c1C)S(C)(=O)=O. The highest BCUT2D eigenvalue weighted by atomic mass is 32.2. The highest BCUT2D eigenvalue weighted by Gasteiger charge is 2.31. The van der Waals surface area contributed by atoms with Crippen LogP contribution in [0.5, 0.6) is 0 Å². The first-order chi connectivity index (χ1) is 12.9. The summed E-state index contributed by atoms with van der Waals surface area (Å²) in [4.78, 5) is 23.3. The molecule has 0 fully saturated rings. The Hall–Kier alpha value is -2.94. The van der Waals surface area contributed by atoms with E-state index in [0.29, 0.717) is 11.3 Å². The maximum atomic E-state index is 12.8. The Morgan fingerprint density at radius 2 is 1.79 bits per heavy atom. The molecule has 1 unspecified atom stereocenters. The van der Waals surface area contributed by atoms with Gasteiger partial charge >= 0.3 is 0 Å². The largest absolute Gasteiger partial charge is 0.324 e. The molecule has 150 valence electrons. The molecule has 0 bridgehead atoms. The second-order valence-corrected chi connectivity index (χ2v) is 8.56. The van der Waals surface area contributed by atoms with Crippen LogP contribution in [0.4, 0.5) is 17.1 Å². The van der Waals surface area contributed by atoms with E-state index in [1.165, 1.54) is 19.1 Å². The third kappa shape index (κ3) is 4.48. The smallest absolute Gasteiger partial charge is 0.271 e. The van der Waals surface area contributed by atoms with Gasteiger partial charge in [0, 0.05) is 17.8 Å². The molecule has 1 atom stereocenters. The minimum absolute atomic E-state index is 0.0975. The van der Waals surface area contributed by atoms with E-state index in [2.05, 4.69) is 5.32 Å². The zero-order valence-corrected chi connectivity index (χ0v) is 17.2. The highest BCUT2D eigenvalue weighted by molar-refractivity contribution is 7.92. The van der Waals surface area contributed by atoms with Crippen LogP contribution in [0.2, 0.25) is 0 Å². The first kappa shape index (κ1) is 21.4. The van der Waals surface area contributed by atoms with Crippen molar-refractivity contribution in [1.82, 2.24) is 0 Å². The lowest BCUT2D eigenvalue weighted by atomic mass is 10.1. The monoisotopic (exact) mass is 405 g/mol.